The van der Waals surface area contributed by atoms with Crippen LogP contribution in [-0.2, 0) is 9.59 Å². The Morgan fingerprint density at radius 1 is 1.33 bits per heavy atom. The maximum absolute atomic E-state index is 12.8. The minimum Gasteiger partial charge on any atom is -0.480 e. The summed E-state index contributed by atoms with van der Waals surface area (Å²) in [4.78, 5) is 25.9. The molecule has 1 heterocycles. The fourth-order valence-electron chi connectivity index (χ4n) is 2.95. The number of piperidine rings is 1. The van der Waals surface area contributed by atoms with Crippen molar-refractivity contribution in [2.24, 2.45) is 5.73 Å². The van der Waals surface area contributed by atoms with Crippen molar-refractivity contribution >= 4 is 11.9 Å². The molecule has 2 atom stereocenters. The molecule has 1 aliphatic heterocycles. The summed E-state index contributed by atoms with van der Waals surface area (Å²) in [6, 6.07) is 9.31. The third-order valence-electron chi connectivity index (χ3n) is 4.35. The Balaban J connectivity index is 2.30. The zero-order valence-electron chi connectivity index (χ0n) is 12.3. The Hall–Kier alpha value is -1.88. The van der Waals surface area contributed by atoms with E-state index in [1.54, 1.807) is 6.92 Å². The van der Waals surface area contributed by atoms with Gasteiger partial charge >= 0.3 is 5.97 Å². The molecule has 0 spiro atoms. The molecule has 1 amide bonds. The largest absolute Gasteiger partial charge is 0.480 e. The molecule has 3 N–H and O–H groups in total. The van der Waals surface area contributed by atoms with Crippen LogP contribution in [0.4, 0.5) is 0 Å². The molecule has 1 fully saturated rings. The van der Waals surface area contributed by atoms with Crippen LogP contribution in [-0.4, -0.2) is 40.5 Å². The first kappa shape index (κ1) is 15.5. The van der Waals surface area contributed by atoms with Gasteiger partial charge in [-0.1, -0.05) is 30.3 Å². The highest BCUT2D eigenvalue weighted by Crippen LogP contribution is 2.31. The van der Waals surface area contributed by atoms with Gasteiger partial charge in [0.05, 0.1) is 5.92 Å². The number of nitrogens with two attached hydrogens (primary N) is 1. The number of benzene rings is 1. The summed E-state index contributed by atoms with van der Waals surface area (Å²) in [6.07, 6.45) is 2.14. The molecule has 0 aliphatic carbocycles. The zero-order chi connectivity index (χ0) is 15.5. The standard InChI is InChI=1S/C16H22N2O3/c1-16(15(20)21)9-5-6-10-18(16)14(19)13(11-17)12-7-3-2-4-8-12/h2-4,7-8,13H,5-6,9-11,17H2,1H3,(H,20,21). The lowest BCUT2D eigenvalue weighted by atomic mass is 9.86. The van der Waals surface area contributed by atoms with Crippen LogP contribution in [0.3, 0.4) is 0 Å². The summed E-state index contributed by atoms with van der Waals surface area (Å²) < 4.78 is 0. The molecule has 21 heavy (non-hydrogen) atoms. The topological polar surface area (TPSA) is 83.6 Å². The first-order valence-electron chi connectivity index (χ1n) is 7.30. The summed E-state index contributed by atoms with van der Waals surface area (Å²) >= 11 is 0. The van der Waals surface area contributed by atoms with Gasteiger partial charge in [0.1, 0.15) is 5.54 Å². The zero-order valence-corrected chi connectivity index (χ0v) is 12.3. The maximum Gasteiger partial charge on any atom is 0.329 e. The van der Waals surface area contributed by atoms with Crippen LogP contribution in [0.25, 0.3) is 0 Å². The van der Waals surface area contributed by atoms with Gasteiger partial charge in [-0.3, -0.25) is 4.79 Å². The fourth-order valence-corrected chi connectivity index (χ4v) is 2.95. The summed E-state index contributed by atoms with van der Waals surface area (Å²) in [7, 11) is 0. The van der Waals surface area contributed by atoms with Gasteiger partial charge in [0.25, 0.3) is 0 Å². The van der Waals surface area contributed by atoms with Crippen LogP contribution in [0.2, 0.25) is 0 Å². The summed E-state index contributed by atoms with van der Waals surface area (Å²) in [5.74, 6) is -1.62. The molecule has 114 valence electrons. The predicted octanol–water partition coefficient (Wildman–Crippen LogP) is 1.58. The molecule has 0 radical (unpaired) electrons. The third kappa shape index (κ3) is 2.93. The van der Waals surface area contributed by atoms with Crippen molar-refractivity contribution in [3.8, 4) is 0 Å². The van der Waals surface area contributed by atoms with Gasteiger partial charge in [-0.15, -0.1) is 0 Å². The van der Waals surface area contributed by atoms with Crippen molar-refractivity contribution in [3.63, 3.8) is 0 Å². The highest BCUT2D eigenvalue weighted by molar-refractivity contribution is 5.90. The van der Waals surface area contributed by atoms with E-state index in [4.69, 9.17) is 5.73 Å². The average molecular weight is 290 g/mol. The lowest BCUT2D eigenvalue weighted by Crippen LogP contribution is -2.59. The van der Waals surface area contributed by atoms with Crippen molar-refractivity contribution in [1.29, 1.82) is 0 Å². The molecule has 0 saturated carbocycles. The number of carboxylic acids is 1. The predicted molar refractivity (Wildman–Crippen MR) is 79.8 cm³/mol. The number of nitrogens with zero attached hydrogens (tertiary/aromatic N) is 1. The summed E-state index contributed by atoms with van der Waals surface area (Å²) in [5.41, 5.74) is 5.49. The second kappa shape index (κ2) is 6.26. The number of aliphatic carboxylic acids is 1. The van der Waals surface area contributed by atoms with E-state index in [-0.39, 0.29) is 12.5 Å². The van der Waals surface area contributed by atoms with Gasteiger partial charge in [-0.2, -0.15) is 0 Å². The number of carbonyl (C=O) groups excluding carboxylic acids is 1. The number of carbonyl (C=O) groups is 2. The second-order valence-corrected chi connectivity index (χ2v) is 5.72. The smallest absolute Gasteiger partial charge is 0.329 e. The highest BCUT2D eigenvalue weighted by atomic mass is 16.4. The summed E-state index contributed by atoms with van der Waals surface area (Å²) in [5, 5.41) is 9.52. The van der Waals surface area contributed by atoms with E-state index in [1.165, 1.54) is 4.90 Å². The lowest BCUT2D eigenvalue weighted by Gasteiger charge is -2.43. The molecule has 0 aromatic heterocycles. The van der Waals surface area contributed by atoms with Crippen LogP contribution in [0, 0.1) is 0 Å². The van der Waals surface area contributed by atoms with Crippen LogP contribution < -0.4 is 5.73 Å². The molecule has 1 saturated heterocycles. The van der Waals surface area contributed by atoms with Gasteiger partial charge < -0.3 is 15.7 Å². The molecule has 5 heteroatoms. The molecule has 2 unspecified atom stereocenters. The molecule has 1 aliphatic rings. The Labute approximate surface area is 124 Å². The van der Waals surface area contributed by atoms with E-state index in [0.717, 1.165) is 18.4 Å². The Morgan fingerprint density at radius 3 is 2.57 bits per heavy atom. The third-order valence-corrected chi connectivity index (χ3v) is 4.35. The molecular weight excluding hydrogens is 268 g/mol. The van der Waals surface area contributed by atoms with Crippen LogP contribution in [0.15, 0.2) is 30.3 Å². The van der Waals surface area contributed by atoms with Crippen molar-refractivity contribution in [1.82, 2.24) is 4.90 Å². The Morgan fingerprint density at radius 2 is 2.00 bits per heavy atom. The second-order valence-electron chi connectivity index (χ2n) is 5.72. The van der Waals surface area contributed by atoms with E-state index in [0.29, 0.717) is 13.0 Å². The number of amides is 1. The molecule has 5 nitrogen and oxygen atoms in total. The fraction of sp³-hybridized carbons (Fsp3) is 0.500. The molecule has 1 aromatic carbocycles. The number of hydrogen-bond acceptors (Lipinski definition) is 3. The first-order chi connectivity index (χ1) is 10.0. The van der Waals surface area contributed by atoms with E-state index < -0.39 is 17.4 Å². The number of carboxylic acid groups (broad SMARTS) is 1. The maximum atomic E-state index is 12.8. The Bertz CT molecular complexity index is 518. The van der Waals surface area contributed by atoms with Crippen molar-refractivity contribution in [3.05, 3.63) is 35.9 Å². The van der Waals surface area contributed by atoms with E-state index >= 15 is 0 Å². The quantitative estimate of drug-likeness (QED) is 0.882. The molecule has 0 bridgehead atoms. The van der Waals surface area contributed by atoms with E-state index in [2.05, 4.69) is 0 Å². The van der Waals surface area contributed by atoms with Gasteiger partial charge in [0.2, 0.25) is 5.91 Å². The average Bonchev–Trinajstić information content (AvgIpc) is 2.49. The van der Waals surface area contributed by atoms with Gasteiger partial charge in [0.15, 0.2) is 0 Å². The SMILES string of the molecule is CC1(C(=O)O)CCCCN1C(=O)C(CN)c1ccccc1. The van der Waals surface area contributed by atoms with Crippen LogP contribution in [0.1, 0.15) is 37.7 Å². The minimum absolute atomic E-state index is 0.176. The normalized spacial score (nSPS) is 23.6. The molecule has 2 rings (SSSR count). The molecular formula is C16H22N2O3. The first-order valence-corrected chi connectivity index (χ1v) is 7.30. The van der Waals surface area contributed by atoms with Gasteiger partial charge in [-0.25, -0.2) is 4.79 Å². The van der Waals surface area contributed by atoms with E-state index in [9.17, 15) is 14.7 Å². The van der Waals surface area contributed by atoms with Gasteiger partial charge in [0, 0.05) is 13.1 Å². The van der Waals surface area contributed by atoms with Crippen molar-refractivity contribution in [2.75, 3.05) is 13.1 Å². The van der Waals surface area contributed by atoms with Crippen LogP contribution >= 0.6 is 0 Å². The number of hydrogen-bond donors (Lipinski definition) is 2. The van der Waals surface area contributed by atoms with E-state index in [1.807, 2.05) is 30.3 Å². The Kier molecular flexibility index (Phi) is 4.63. The van der Waals surface area contributed by atoms with Crippen molar-refractivity contribution < 1.29 is 14.7 Å². The molecule has 1 aromatic rings. The number of rotatable bonds is 4. The highest BCUT2D eigenvalue weighted by Gasteiger charge is 2.45. The van der Waals surface area contributed by atoms with Crippen molar-refractivity contribution in [2.45, 2.75) is 37.6 Å². The van der Waals surface area contributed by atoms with Gasteiger partial charge in [-0.05, 0) is 31.7 Å². The summed E-state index contributed by atoms with van der Waals surface area (Å²) in [6.45, 7) is 2.28. The monoisotopic (exact) mass is 290 g/mol. The van der Waals surface area contributed by atoms with Crippen LogP contribution in [0.5, 0.6) is 0 Å². The minimum atomic E-state index is -1.13. The lowest BCUT2D eigenvalue weighted by molar-refractivity contribution is -0.161. The number of likely N-dealkylation sites (tertiary alicyclic amines) is 1.